The summed E-state index contributed by atoms with van der Waals surface area (Å²) < 4.78 is 0. The Morgan fingerprint density at radius 2 is 1.58 bits per heavy atom. The average molecular weight is 441 g/mol. The molecule has 31 heavy (non-hydrogen) atoms. The van der Waals surface area contributed by atoms with Gasteiger partial charge in [0.2, 0.25) is 11.8 Å². The molecule has 2 amide bonds. The topological polar surface area (TPSA) is 49.4 Å². The molecule has 5 heteroatoms. The van der Waals surface area contributed by atoms with Crippen molar-refractivity contribution < 1.29 is 9.59 Å². The second-order valence-corrected chi connectivity index (χ2v) is 8.92. The third kappa shape index (κ3) is 7.73. The maximum Gasteiger partial charge on any atom is 0.242 e. The second kappa shape index (κ2) is 13.2. The summed E-state index contributed by atoms with van der Waals surface area (Å²) in [6.07, 6.45) is 2.57. The summed E-state index contributed by atoms with van der Waals surface area (Å²) in [5.74, 6) is 1.11. The van der Waals surface area contributed by atoms with Crippen LogP contribution >= 0.6 is 11.8 Å². The highest BCUT2D eigenvalue weighted by Crippen LogP contribution is 2.20. The van der Waals surface area contributed by atoms with Gasteiger partial charge in [0.1, 0.15) is 6.04 Å². The van der Waals surface area contributed by atoms with Gasteiger partial charge in [-0.2, -0.15) is 0 Å². The summed E-state index contributed by atoms with van der Waals surface area (Å²) in [4.78, 5) is 28.0. The first-order valence-corrected chi connectivity index (χ1v) is 12.4. The van der Waals surface area contributed by atoms with E-state index in [2.05, 4.69) is 31.3 Å². The Hall–Kier alpha value is -2.27. The first-order valence-electron chi connectivity index (χ1n) is 11.2. The maximum atomic E-state index is 13.3. The number of hydrogen-bond donors (Lipinski definition) is 1. The summed E-state index contributed by atoms with van der Waals surface area (Å²) in [6, 6.07) is 15.9. The fourth-order valence-corrected chi connectivity index (χ4v) is 4.49. The molecule has 0 fully saturated rings. The van der Waals surface area contributed by atoms with Crippen molar-refractivity contribution in [3.63, 3.8) is 0 Å². The third-order valence-corrected chi connectivity index (χ3v) is 6.53. The van der Waals surface area contributed by atoms with Crippen LogP contribution in [0.2, 0.25) is 0 Å². The molecule has 0 saturated heterocycles. The van der Waals surface area contributed by atoms with E-state index in [1.807, 2.05) is 50.2 Å². The van der Waals surface area contributed by atoms with Crippen LogP contribution in [0.15, 0.2) is 48.5 Å². The van der Waals surface area contributed by atoms with E-state index >= 15 is 0 Å². The molecule has 0 spiro atoms. The van der Waals surface area contributed by atoms with Crippen molar-refractivity contribution in [2.45, 2.75) is 65.3 Å². The number of amides is 2. The number of aryl methyl sites for hydroxylation is 2. The van der Waals surface area contributed by atoms with Gasteiger partial charge in [0.05, 0.1) is 5.75 Å². The summed E-state index contributed by atoms with van der Waals surface area (Å²) in [7, 11) is 0. The molecule has 2 aromatic carbocycles. The Bertz CT molecular complexity index is 853. The molecule has 0 heterocycles. The van der Waals surface area contributed by atoms with E-state index in [1.54, 1.807) is 16.7 Å². The zero-order chi connectivity index (χ0) is 22.6. The maximum absolute atomic E-state index is 13.3. The van der Waals surface area contributed by atoms with Gasteiger partial charge in [-0.3, -0.25) is 9.59 Å². The molecule has 0 saturated carbocycles. The lowest BCUT2D eigenvalue weighted by molar-refractivity contribution is -0.139. The molecule has 0 aliphatic carbocycles. The minimum Gasteiger partial charge on any atom is -0.354 e. The highest BCUT2D eigenvalue weighted by molar-refractivity contribution is 7.99. The molecule has 0 aromatic heterocycles. The van der Waals surface area contributed by atoms with Crippen molar-refractivity contribution in [1.29, 1.82) is 0 Å². The Balaban J connectivity index is 2.13. The predicted molar refractivity (Wildman–Crippen MR) is 131 cm³/mol. The molecular weight excluding hydrogens is 404 g/mol. The van der Waals surface area contributed by atoms with Crippen LogP contribution in [0.5, 0.6) is 0 Å². The third-order valence-electron chi connectivity index (χ3n) is 5.56. The number of carbonyl (C=O) groups is 2. The lowest BCUT2D eigenvalue weighted by Crippen LogP contribution is -2.49. The van der Waals surface area contributed by atoms with E-state index in [9.17, 15) is 9.59 Å². The van der Waals surface area contributed by atoms with Gasteiger partial charge in [0.25, 0.3) is 0 Å². The van der Waals surface area contributed by atoms with Gasteiger partial charge >= 0.3 is 0 Å². The number of hydrogen-bond acceptors (Lipinski definition) is 3. The van der Waals surface area contributed by atoms with Crippen LogP contribution in [-0.4, -0.2) is 35.1 Å². The van der Waals surface area contributed by atoms with E-state index in [0.717, 1.165) is 29.7 Å². The van der Waals surface area contributed by atoms with Crippen LogP contribution in [0.25, 0.3) is 0 Å². The first-order chi connectivity index (χ1) is 15.0. The van der Waals surface area contributed by atoms with Crippen LogP contribution in [0.3, 0.4) is 0 Å². The normalized spacial score (nSPS) is 11.7. The van der Waals surface area contributed by atoms with Gasteiger partial charge in [-0.1, -0.05) is 68.8 Å². The quantitative estimate of drug-likeness (QED) is 0.458. The van der Waals surface area contributed by atoms with Crippen LogP contribution in [0, 0.1) is 13.8 Å². The lowest BCUT2D eigenvalue weighted by Gasteiger charge is -2.31. The number of thioether (sulfide) groups is 1. The molecule has 168 valence electrons. The summed E-state index contributed by atoms with van der Waals surface area (Å²) in [5, 5.41) is 3.02. The van der Waals surface area contributed by atoms with Gasteiger partial charge in [-0.15, -0.1) is 11.8 Å². The molecule has 1 N–H and O–H groups in total. The Morgan fingerprint density at radius 3 is 2.16 bits per heavy atom. The number of nitrogens with zero attached hydrogens (tertiary/aromatic N) is 1. The highest BCUT2D eigenvalue weighted by atomic mass is 32.2. The van der Waals surface area contributed by atoms with Crippen molar-refractivity contribution in [2.75, 3.05) is 12.3 Å². The van der Waals surface area contributed by atoms with Crippen LogP contribution in [0.4, 0.5) is 0 Å². The van der Waals surface area contributed by atoms with Crippen LogP contribution in [0.1, 0.15) is 55.4 Å². The average Bonchev–Trinajstić information content (AvgIpc) is 2.76. The number of carbonyl (C=O) groups excluding carboxylic acids is 2. The summed E-state index contributed by atoms with van der Waals surface area (Å²) >= 11 is 1.61. The zero-order valence-electron chi connectivity index (χ0n) is 19.3. The van der Waals surface area contributed by atoms with E-state index in [4.69, 9.17) is 0 Å². The molecule has 0 bridgehead atoms. The van der Waals surface area contributed by atoms with E-state index < -0.39 is 6.04 Å². The lowest BCUT2D eigenvalue weighted by atomic mass is 10.1. The summed E-state index contributed by atoms with van der Waals surface area (Å²) in [5.41, 5.74) is 4.70. The number of unbranched alkanes of at least 4 members (excludes halogenated alkanes) is 1. The van der Waals surface area contributed by atoms with E-state index in [1.165, 1.54) is 11.1 Å². The first kappa shape index (κ1) is 25.0. The SMILES string of the molecule is CCCCNC(=O)C(CC)N(Cc1ccccc1C)C(=O)CSCc1ccccc1C. The molecule has 1 atom stereocenters. The van der Waals surface area contributed by atoms with Crippen molar-refractivity contribution in [2.24, 2.45) is 0 Å². The van der Waals surface area contributed by atoms with Gasteiger partial charge in [-0.25, -0.2) is 0 Å². The van der Waals surface area contributed by atoms with E-state index in [-0.39, 0.29) is 11.8 Å². The standard InChI is InChI=1S/C26H36N2O2S/c1-5-7-16-27-26(30)24(6-2)28(17-22-14-10-8-12-20(22)3)25(29)19-31-18-23-15-11-9-13-21(23)4/h8-15,24H,5-7,16-19H2,1-4H3,(H,27,30). The molecule has 1 unspecified atom stereocenters. The zero-order valence-corrected chi connectivity index (χ0v) is 20.1. The highest BCUT2D eigenvalue weighted by Gasteiger charge is 2.28. The summed E-state index contributed by atoms with van der Waals surface area (Å²) in [6.45, 7) is 9.32. The van der Waals surface area contributed by atoms with Gasteiger partial charge in [0, 0.05) is 18.8 Å². The molecule has 2 aromatic rings. The van der Waals surface area contributed by atoms with Gasteiger partial charge in [0.15, 0.2) is 0 Å². The van der Waals surface area contributed by atoms with E-state index in [0.29, 0.717) is 25.3 Å². The molecule has 0 radical (unpaired) electrons. The molecule has 2 rings (SSSR count). The van der Waals surface area contributed by atoms with Crippen molar-refractivity contribution >= 4 is 23.6 Å². The largest absolute Gasteiger partial charge is 0.354 e. The number of benzene rings is 2. The van der Waals surface area contributed by atoms with Crippen LogP contribution in [-0.2, 0) is 21.9 Å². The van der Waals surface area contributed by atoms with Gasteiger partial charge in [-0.05, 0) is 48.9 Å². The monoisotopic (exact) mass is 440 g/mol. The van der Waals surface area contributed by atoms with Crippen molar-refractivity contribution in [1.82, 2.24) is 10.2 Å². The Morgan fingerprint density at radius 1 is 0.968 bits per heavy atom. The fourth-order valence-electron chi connectivity index (χ4n) is 3.50. The smallest absolute Gasteiger partial charge is 0.242 e. The van der Waals surface area contributed by atoms with Crippen molar-refractivity contribution in [3.05, 3.63) is 70.8 Å². The number of nitrogens with one attached hydrogen (secondary N) is 1. The molecular formula is C26H36N2O2S. The minimum atomic E-state index is -0.456. The Labute approximate surface area is 191 Å². The Kier molecular flexibility index (Phi) is 10.6. The number of rotatable bonds is 12. The minimum absolute atomic E-state index is 0.0133. The molecule has 0 aliphatic heterocycles. The molecule has 0 aliphatic rings. The van der Waals surface area contributed by atoms with Crippen molar-refractivity contribution in [3.8, 4) is 0 Å². The predicted octanol–water partition coefficient (Wildman–Crippen LogP) is 5.26. The fraction of sp³-hybridized carbons (Fsp3) is 0.462. The second-order valence-electron chi connectivity index (χ2n) is 7.94. The van der Waals surface area contributed by atoms with Crippen LogP contribution < -0.4 is 5.32 Å². The molecule has 4 nitrogen and oxygen atoms in total. The van der Waals surface area contributed by atoms with Gasteiger partial charge < -0.3 is 10.2 Å².